The molecule has 2 fully saturated rings. The number of halogens is 1. The molecule has 2 heterocycles. The van der Waals surface area contributed by atoms with Crippen molar-refractivity contribution in [2.24, 2.45) is 0 Å². The first-order chi connectivity index (χ1) is 7.18. The molecule has 2 rings (SSSR count). The summed E-state index contributed by atoms with van der Waals surface area (Å²) in [6, 6.07) is 0.484. The van der Waals surface area contributed by atoms with Gasteiger partial charge < -0.3 is 10.6 Å². The Bertz CT molecular complexity index is 194. The van der Waals surface area contributed by atoms with Crippen LogP contribution in [0, 0.1) is 0 Å². The van der Waals surface area contributed by atoms with E-state index >= 15 is 0 Å². The van der Waals surface area contributed by atoms with Crippen molar-refractivity contribution >= 4 is 0 Å². The summed E-state index contributed by atoms with van der Waals surface area (Å²) in [6.07, 6.45) is 6.45. The van der Waals surface area contributed by atoms with E-state index in [0.29, 0.717) is 12.5 Å². The van der Waals surface area contributed by atoms with Gasteiger partial charge in [0.15, 0.2) is 0 Å². The lowest BCUT2D eigenvalue weighted by Gasteiger charge is -2.33. The largest absolute Gasteiger partial charge is 0.314 e. The Kier molecular flexibility index (Phi) is 3.62. The maximum Gasteiger partial charge on any atom is 0.124 e. The Morgan fingerprint density at radius 3 is 2.53 bits per heavy atom. The van der Waals surface area contributed by atoms with Gasteiger partial charge in [0.25, 0.3) is 0 Å². The quantitative estimate of drug-likeness (QED) is 0.751. The first-order valence-corrected chi connectivity index (χ1v) is 6.34. The van der Waals surface area contributed by atoms with E-state index in [1.54, 1.807) is 6.92 Å². The smallest absolute Gasteiger partial charge is 0.124 e. The highest BCUT2D eigenvalue weighted by Crippen LogP contribution is 2.29. The van der Waals surface area contributed by atoms with Crippen LogP contribution < -0.4 is 10.6 Å². The molecule has 0 radical (unpaired) electrons. The zero-order valence-electron chi connectivity index (χ0n) is 9.69. The van der Waals surface area contributed by atoms with Crippen LogP contribution in [0.2, 0.25) is 0 Å². The molecule has 2 saturated heterocycles. The van der Waals surface area contributed by atoms with Crippen molar-refractivity contribution in [3.8, 4) is 0 Å². The minimum Gasteiger partial charge on any atom is -0.314 e. The third-order valence-corrected chi connectivity index (χ3v) is 3.84. The van der Waals surface area contributed by atoms with E-state index in [1.807, 2.05) is 0 Å². The Balaban J connectivity index is 1.84. The summed E-state index contributed by atoms with van der Waals surface area (Å²) in [5.41, 5.74) is -1.04. The van der Waals surface area contributed by atoms with Crippen molar-refractivity contribution in [2.75, 3.05) is 13.1 Å². The number of piperidine rings is 1. The third-order valence-electron chi connectivity index (χ3n) is 3.84. The van der Waals surface area contributed by atoms with Crippen LogP contribution in [0.4, 0.5) is 4.39 Å². The summed E-state index contributed by atoms with van der Waals surface area (Å²) in [5.74, 6) is 0. The number of hydrogen-bond acceptors (Lipinski definition) is 2. The van der Waals surface area contributed by atoms with Gasteiger partial charge >= 0.3 is 0 Å². The number of hydrogen-bond donors (Lipinski definition) is 2. The summed E-state index contributed by atoms with van der Waals surface area (Å²) < 4.78 is 14.5. The molecule has 2 N–H and O–H groups in total. The fourth-order valence-corrected chi connectivity index (χ4v) is 2.92. The van der Waals surface area contributed by atoms with E-state index in [9.17, 15) is 4.39 Å². The summed E-state index contributed by atoms with van der Waals surface area (Å²) in [5, 5.41) is 6.71. The molecule has 2 nitrogen and oxygen atoms in total. The van der Waals surface area contributed by atoms with Crippen LogP contribution in [0.1, 0.15) is 45.4 Å². The Labute approximate surface area is 92.0 Å². The van der Waals surface area contributed by atoms with Crippen molar-refractivity contribution in [1.29, 1.82) is 0 Å². The fourth-order valence-electron chi connectivity index (χ4n) is 2.92. The zero-order valence-corrected chi connectivity index (χ0v) is 9.69. The molecule has 0 saturated carbocycles. The molecule has 0 aromatic heterocycles. The highest BCUT2D eigenvalue weighted by Gasteiger charge is 2.38. The van der Waals surface area contributed by atoms with E-state index in [1.165, 1.54) is 12.8 Å². The van der Waals surface area contributed by atoms with E-state index in [4.69, 9.17) is 0 Å². The fraction of sp³-hybridized carbons (Fsp3) is 1.00. The van der Waals surface area contributed by atoms with Gasteiger partial charge in [0.2, 0.25) is 0 Å². The molecule has 0 aromatic carbocycles. The van der Waals surface area contributed by atoms with Crippen molar-refractivity contribution in [1.82, 2.24) is 10.6 Å². The van der Waals surface area contributed by atoms with Crippen LogP contribution in [0.15, 0.2) is 0 Å². The summed E-state index contributed by atoms with van der Waals surface area (Å²) in [6.45, 7) is 3.83. The average molecular weight is 214 g/mol. The molecule has 3 heteroatoms. The number of alkyl halides is 1. The minimum absolute atomic E-state index is 0.0845. The maximum atomic E-state index is 14.5. The average Bonchev–Trinajstić information content (AvgIpc) is 2.71. The molecule has 88 valence electrons. The molecule has 0 amide bonds. The second-order valence-corrected chi connectivity index (χ2v) is 5.28. The van der Waals surface area contributed by atoms with Crippen LogP contribution in [-0.4, -0.2) is 30.8 Å². The van der Waals surface area contributed by atoms with Crippen LogP contribution >= 0.6 is 0 Å². The molecule has 3 unspecified atom stereocenters. The third kappa shape index (κ3) is 2.91. The van der Waals surface area contributed by atoms with E-state index in [-0.39, 0.29) is 6.04 Å². The molecule has 2 aliphatic rings. The predicted molar refractivity (Wildman–Crippen MR) is 60.8 cm³/mol. The van der Waals surface area contributed by atoms with Crippen molar-refractivity contribution in [3.63, 3.8) is 0 Å². The van der Waals surface area contributed by atoms with Crippen molar-refractivity contribution in [2.45, 2.75) is 63.2 Å². The second-order valence-electron chi connectivity index (χ2n) is 5.28. The minimum atomic E-state index is -1.04. The summed E-state index contributed by atoms with van der Waals surface area (Å²) in [7, 11) is 0. The SMILES string of the molecule is CC(F)(CC1CCCCN1)C1CCCN1. The normalized spacial score (nSPS) is 36.4. The standard InChI is InChI=1S/C12H23FN2/c1-12(13,11-6-4-8-15-11)9-10-5-2-3-7-14-10/h10-11,14-15H,2-9H2,1H3. The van der Waals surface area contributed by atoms with Crippen molar-refractivity contribution < 1.29 is 4.39 Å². The second kappa shape index (κ2) is 4.79. The van der Waals surface area contributed by atoms with Gasteiger partial charge in [-0.1, -0.05) is 6.42 Å². The summed E-state index contributed by atoms with van der Waals surface area (Å²) >= 11 is 0. The highest BCUT2D eigenvalue weighted by molar-refractivity contribution is 4.95. The maximum absolute atomic E-state index is 14.5. The Morgan fingerprint density at radius 1 is 1.13 bits per heavy atom. The van der Waals surface area contributed by atoms with Gasteiger partial charge in [-0.15, -0.1) is 0 Å². The van der Waals surface area contributed by atoms with Crippen molar-refractivity contribution in [3.05, 3.63) is 0 Å². The molecule has 0 aromatic rings. The molecular weight excluding hydrogens is 191 g/mol. The van der Waals surface area contributed by atoms with Crippen LogP contribution in [-0.2, 0) is 0 Å². The monoisotopic (exact) mass is 214 g/mol. The van der Waals surface area contributed by atoms with Gasteiger partial charge in [-0.05, 0) is 52.1 Å². The van der Waals surface area contributed by atoms with Gasteiger partial charge in [0.1, 0.15) is 5.67 Å². The molecule has 0 aliphatic carbocycles. The predicted octanol–water partition coefficient (Wildman–Crippen LogP) is 2.00. The zero-order chi connectivity index (χ0) is 10.7. The van der Waals surface area contributed by atoms with E-state index in [2.05, 4.69) is 10.6 Å². The van der Waals surface area contributed by atoms with Crippen LogP contribution in [0.5, 0.6) is 0 Å². The number of nitrogens with one attached hydrogen (secondary N) is 2. The van der Waals surface area contributed by atoms with Gasteiger partial charge in [-0.3, -0.25) is 0 Å². The summed E-state index contributed by atoms with van der Waals surface area (Å²) in [4.78, 5) is 0. The van der Waals surface area contributed by atoms with Crippen LogP contribution in [0.25, 0.3) is 0 Å². The number of rotatable bonds is 3. The highest BCUT2D eigenvalue weighted by atomic mass is 19.1. The molecule has 2 aliphatic heterocycles. The Hall–Kier alpha value is -0.150. The first-order valence-electron chi connectivity index (χ1n) is 6.34. The molecule has 3 atom stereocenters. The first kappa shape index (κ1) is 11.3. The van der Waals surface area contributed by atoms with Gasteiger partial charge in [-0.25, -0.2) is 4.39 Å². The van der Waals surface area contributed by atoms with Gasteiger partial charge in [0, 0.05) is 12.1 Å². The Morgan fingerprint density at radius 2 is 1.93 bits per heavy atom. The van der Waals surface area contributed by atoms with Crippen LogP contribution in [0.3, 0.4) is 0 Å². The lowest BCUT2D eigenvalue weighted by atomic mass is 9.87. The van der Waals surface area contributed by atoms with E-state index < -0.39 is 5.67 Å². The van der Waals surface area contributed by atoms with Gasteiger partial charge in [-0.2, -0.15) is 0 Å². The van der Waals surface area contributed by atoms with Gasteiger partial charge in [0.05, 0.1) is 0 Å². The molecule has 0 bridgehead atoms. The molecule has 15 heavy (non-hydrogen) atoms. The lowest BCUT2D eigenvalue weighted by molar-refractivity contribution is 0.104. The van der Waals surface area contributed by atoms with E-state index in [0.717, 1.165) is 32.4 Å². The molecular formula is C12H23FN2. The topological polar surface area (TPSA) is 24.1 Å². The molecule has 0 spiro atoms. The lowest BCUT2D eigenvalue weighted by Crippen LogP contribution is -2.47.